The fraction of sp³-hybridized carbons (Fsp3) is 0.238. The third-order valence-electron chi connectivity index (χ3n) is 5.36. The van der Waals surface area contributed by atoms with E-state index >= 15 is 4.39 Å². The fourth-order valence-corrected chi connectivity index (χ4v) is 4.01. The average Bonchev–Trinajstić information content (AvgIpc) is 3.08. The lowest BCUT2D eigenvalue weighted by Crippen LogP contribution is -2.02. The Kier molecular flexibility index (Phi) is 3.85. The Morgan fingerprint density at radius 2 is 1.65 bits per heavy atom. The molecule has 0 unspecified atom stereocenters. The minimum absolute atomic E-state index is 0.272. The summed E-state index contributed by atoms with van der Waals surface area (Å²) in [5.74, 6) is -0.547. The first-order chi connectivity index (χ1) is 12.3. The van der Waals surface area contributed by atoms with Crippen LogP contribution in [0.2, 0.25) is 5.02 Å². The quantitative estimate of drug-likeness (QED) is 0.420. The molecule has 2 aromatic carbocycles. The van der Waals surface area contributed by atoms with Gasteiger partial charge in [0.05, 0.1) is 16.1 Å². The van der Waals surface area contributed by atoms with E-state index in [0.29, 0.717) is 33.4 Å². The zero-order chi connectivity index (χ0) is 18.7. The number of nitrogens with zero attached hydrogens (tertiary/aromatic N) is 2. The van der Waals surface area contributed by atoms with Crippen molar-refractivity contribution in [2.45, 2.75) is 20.3 Å². The molecule has 0 aliphatic heterocycles. The SMILES string of the molecule is Cc1ccc(F)c2c1cc(Cc1cc(Cl)c3cc(C)n(C)c3c1F)n2C. The molecule has 0 amide bonds. The third-order valence-corrected chi connectivity index (χ3v) is 5.67. The third kappa shape index (κ3) is 2.36. The summed E-state index contributed by atoms with van der Waals surface area (Å²) in [6.07, 6.45) is 0.343. The Balaban J connectivity index is 1.91. The van der Waals surface area contributed by atoms with Gasteiger partial charge in [-0.25, -0.2) is 8.78 Å². The van der Waals surface area contributed by atoms with Crippen LogP contribution in [0.4, 0.5) is 8.78 Å². The highest BCUT2D eigenvalue weighted by Gasteiger charge is 2.18. The lowest BCUT2D eigenvalue weighted by molar-refractivity contribution is 0.614. The Morgan fingerprint density at radius 1 is 0.923 bits per heavy atom. The molecule has 0 aliphatic rings. The first-order valence-corrected chi connectivity index (χ1v) is 8.83. The first kappa shape index (κ1) is 17.1. The van der Waals surface area contributed by atoms with Crippen LogP contribution in [0.3, 0.4) is 0 Å². The zero-order valence-electron chi connectivity index (χ0n) is 15.1. The number of benzene rings is 2. The second-order valence-electron chi connectivity index (χ2n) is 6.94. The maximum atomic E-state index is 15.2. The van der Waals surface area contributed by atoms with E-state index in [9.17, 15) is 4.39 Å². The molecule has 0 bridgehead atoms. The van der Waals surface area contributed by atoms with E-state index in [1.165, 1.54) is 6.07 Å². The van der Waals surface area contributed by atoms with Crippen LogP contribution in [0.1, 0.15) is 22.5 Å². The molecule has 0 atom stereocenters. The molecule has 5 heteroatoms. The van der Waals surface area contributed by atoms with Crippen LogP contribution < -0.4 is 0 Å². The maximum absolute atomic E-state index is 15.2. The van der Waals surface area contributed by atoms with Crippen LogP contribution in [0.25, 0.3) is 21.8 Å². The monoisotopic (exact) mass is 372 g/mol. The van der Waals surface area contributed by atoms with Crippen molar-refractivity contribution in [2.24, 2.45) is 14.1 Å². The van der Waals surface area contributed by atoms with Crippen LogP contribution in [-0.4, -0.2) is 9.13 Å². The molecule has 2 nitrogen and oxygen atoms in total. The van der Waals surface area contributed by atoms with Crippen molar-refractivity contribution in [3.63, 3.8) is 0 Å². The molecule has 0 aliphatic carbocycles. The van der Waals surface area contributed by atoms with Gasteiger partial charge in [0.15, 0.2) is 5.82 Å². The molecular weight excluding hydrogens is 354 g/mol. The van der Waals surface area contributed by atoms with Gasteiger partial charge < -0.3 is 9.13 Å². The van der Waals surface area contributed by atoms with Crippen molar-refractivity contribution in [1.82, 2.24) is 9.13 Å². The molecule has 0 fully saturated rings. The number of aryl methyl sites for hydroxylation is 4. The molecule has 0 radical (unpaired) electrons. The van der Waals surface area contributed by atoms with Gasteiger partial charge >= 0.3 is 0 Å². The van der Waals surface area contributed by atoms with Crippen LogP contribution in [0.15, 0.2) is 30.3 Å². The fourth-order valence-electron chi connectivity index (χ4n) is 3.73. The van der Waals surface area contributed by atoms with E-state index in [1.54, 1.807) is 16.7 Å². The predicted octanol–water partition coefficient (Wildman–Crippen LogP) is 5.81. The van der Waals surface area contributed by atoms with Gasteiger partial charge in [0.2, 0.25) is 0 Å². The van der Waals surface area contributed by atoms with Crippen LogP contribution in [0.5, 0.6) is 0 Å². The van der Waals surface area contributed by atoms with E-state index in [2.05, 4.69) is 0 Å². The summed E-state index contributed by atoms with van der Waals surface area (Å²) < 4.78 is 33.1. The largest absolute Gasteiger partial charge is 0.346 e. The highest BCUT2D eigenvalue weighted by atomic mass is 35.5. The van der Waals surface area contributed by atoms with Crippen molar-refractivity contribution in [3.8, 4) is 0 Å². The van der Waals surface area contributed by atoms with Crippen molar-refractivity contribution < 1.29 is 8.78 Å². The van der Waals surface area contributed by atoms with Gasteiger partial charge in [0.1, 0.15) is 5.82 Å². The lowest BCUT2D eigenvalue weighted by Gasteiger charge is -2.10. The topological polar surface area (TPSA) is 9.86 Å². The average molecular weight is 373 g/mol. The van der Waals surface area contributed by atoms with E-state index in [0.717, 1.165) is 22.3 Å². The van der Waals surface area contributed by atoms with Gasteiger partial charge in [0, 0.05) is 42.7 Å². The summed E-state index contributed by atoms with van der Waals surface area (Å²) in [6.45, 7) is 3.87. The lowest BCUT2D eigenvalue weighted by atomic mass is 10.1. The molecular formula is C21H19ClF2N2. The second-order valence-corrected chi connectivity index (χ2v) is 7.34. The molecule has 0 saturated heterocycles. The van der Waals surface area contributed by atoms with Crippen molar-refractivity contribution >= 4 is 33.4 Å². The number of fused-ring (bicyclic) bond motifs is 2. The zero-order valence-corrected chi connectivity index (χ0v) is 15.9. The van der Waals surface area contributed by atoms with Crippen molar-refractivity contribution in [2.75, 3.05) is 0 Å². The van der Waals surface area contributed by atoms with Gasteiger partial charge in [-0.15, -0.1) is 0 Å². The minimum atomic E-state index is -0.276. The van der Waals surface area contributed by atoms with E-state index in [-0.39, 0.29) is 11.6 Å². The number of halogens is 3. The molecule has 0 spiro atoms. The van der Waals surface area contributed by atoms with Gasteiger partial charge in [-0.3, -0.25) is 0 Å². The molecule has 0 saturated carbocycles. The number of rotatable bonds is 2. The Bertz CT molecular complexity index is 1180. The van der Waals surface area contributed by atoms with Crippen LogP contribution in [0, 0.1) is 25.5 Å². The van der Waals surface area contributed by atoms with Crippen molar-refractivity contribution in [1.29, 1.82) is 0 Å². The Morgan fingerprint density at radius 3 is 2.35 bits per heavy atom. The number of hydrogen-bond donors (Lipinski definition) is 0. The highest BCUT2D eigenvalue weighted by Crippen LogP contribution is 2.33. The standard InChI is InChI=1S/C21H19ClF2N2/c1-11-5-6-18(23)20-15(11)10-14(26(20)4)8-13-9-17(22)16-7-12(2)25(3)21(16)19(13)24/h5-7,9-10H,8H2,1-4H3. The molecule has 2 aromatic heterocycles. The summed E-state index contributed by atoms with van der Waals surface area (Å²) in [5, 5.41) is 2.10. The Hall–Kier alpha value is -2.33. The van der Waals surface area contributed by atoms with Gasteiger partial charge in [-0.1, -0.05) is 17.7 Å². The Labute approximate surface area is 155 Å². The van der Waals surface area contributed by atoms with E-state index < -0.39 is 0 Å². The van der Waals surface area contributed by atoms with Crippen LogP contribution >= 0.6 is 11.6 Å². The summed E-state index contributed by atoms with van der Waals surface area (Å²) in [7, 11) is 3.64. The molecule has 26 heavy (non-hydrogen) atoms. The smallest absolute Gasteiger partial charge is 0.151 e. The van der Waals surface area contributed by atoms with Gasteiger partial charge in [-0.05, 0) is 49.2 Å². The summed E-state index contributed by atoms with van der Waals surface area (Å²) in [4.78, 5) is 0. The van der Waals surface area contributed by atoms with E-state index in [4.69, 9.17) is 11.6 Å². The summed E-state index contributed by atoms with van der Waals surface area (Å²) >= 11 is 6.41. The first-order valence-electron chi connectivity index (χ1n) is 8.46. The summed E-state index contributed by atoms with van der Waals surface area (Å²) in [5.41, 5.74) is 4.34. The molecule has 2 heterocycles. The second kappa shape index (κ2) is 5.85. The van der Waals surface area contributed by atoms with Gasteiger partial charge in [-0.2, -0.15) is 0 Å². The molecule has 0 N–H and O–H groups in total. The normalized spacial score (nSPS) is 11.8. The van der Waals surface area contributed by atoms with E-state index in [1.807, 2.05) is 44.6 Å². The van der Waals surface area contributed by atoms with Gasteiger partial charge in [0.25, 0.3) is 0 Å². The summed E-state index contributed by atoms with van der Waals surface area (Å²) in [6, 6.07) is 8.73. The van der Waals surface area contributed by atoms with Crippen LogP contribution in [-0.2, 0) is 20.5 Å². The molecule has 4 rings (SSSR count). The highest BCUT2D eigenvalue weighted by molar-refractivity contribution is 6.35. The minimum Gasteiger partial charge on any atom is -0.346 e. The number of hydrogen-bond acceptors (Lipinski definition) is 0. The molecule has 4 aromatic rings. The van der Waals surface area contributed by atoms with Crippen molar-refractivity contribution in [3.05, 3.63) is 69.5 Å². The number of aromatic nitrogens is 2. The molecule has 134 valence electrons. The predicted molar refractivity (Wildman–Crippen MR) is 103 cm³/mol. The maximum Gasteiger partial charge on any atom is 0.151 e.